The molecule has 1 aromatic carbocycles. The molecule has 5 heteroatoms. The molecular weight excluding hydrogens is 258 g/mol. The Hall–Kier alpha value is -0.440. The molecule has 1 unspecified atom stereocenters. The smallest absolute Gasteiger partial charge is 0.262 e. The van der Waals surface area contributed by atoms with Crippen molar-refractivity contribution in [3.63, 3.8) is 0 Å². The Labute approximate surface area is 103 Å². The van der Waals surface area contributed by atoms with Gasteiger partial charge in [-0.15, -0.1) is 0 Å². The van der Waals surface area contributed by atoms with Crippen LogP contribution in [0.2, 0.25) is 10.0 Å². The molecule has 0 aromatic heterocycles. The number of hydrogen-bond donors (Lipinski definition) is 0. The van der Waals surface area contributed by atoms with E-state index in [2.05, 4.69) is 0 Å². The lowest BCUT2D eigenvalue weighted by atomic mass is 10.3. The van der Waals surface area contributed by atoms with Crippen molar-refractivity contribution in [2.75, 3.05) is 0 Å². The van der Waals surface area contributed by atoms with Gasteiger partial charge in [-0.25, -0.2) is 0 Å². The topological polar surface area (TPSA) is 26.3 Å². The van der Waals surface area contributed by atoms with Crippen molar-refractivity contribution >= 4 is 40.0 Å². The van der Waals surface area contributed by atoms with Crippen LogP contribution >= 0.6 is 34.8 Å². The molecule has 0 radical (unpaired) electrons. The van der Waals surface area contributed by atoms with Gasteiger partial charge in [0.15, 0.2) is 6.10 Å². The third-order valence-corrected chi connectivity index (χ3v) is 2.42. The van der Waals surface area contributed by atoms with Crippen LogP contribution in [0.25, 0.3) is 0 Å². The lowest BCUT2D eigenvalue weighted by Gasteiger charge is -2.13. The molecule has 0 amide bonds. The summed E-state index contributed by atoms with van der Waals surface area (Å²) in [6.07, 6.45) is -0.173. The number of rotatable bonds is 4. The minimum Gasteiger partial charge on any atom is -0.481 e. The molecule has 2 nitrogen and oxygen atoms in total. The molecule has 82 valence electrons. The Bertz CT molecular complexity index is 345. The molecular formula is C10H9Cl3O2. The zero-order chi connectivity index (χ0) is 11.4. The van der Waals surface area contributed by atoms with E-state index in [9.17, 15) is 4.79 Å². The quantitative estimate of drug-likeness (QED) is 0.773. The molecule has 15 heavy (non-hydrogen) atoms. The second-order valence-corrected chi connectivity index (χ2v) is 4.17. The molecule has 0 heterocycles. The molecule has 0 aliphatic carbocycles. The standard InChI is InChI=1S/C10H9Cl3O2/c1-2-9(10(13)14)15-8-4-6(11)3-7(12)5-8/h3-5,9H,2H2,1H3. The van der Waals surface area contributed by atoms with Gasteiger partial charge in [0.05, 0.1) is 0 Å². The maximum atomic E-state index is 10.9. The van der Waals surface area contributed by atoms with E-state index in [1.807, 2.05) is 0 Å². The molecule has 0 saturated carbocycles. The van der Waals surface area contributed by atoms with Crippen LogP contribution in [0, 0.1) is 0 Å². The lowest BCUT2D eigenvalue weighted by molar-refractivity contribution is -0.117. The lowest BCUT2D eigenvalue weighted by Crippen LogP contribution is -2.22. The Balaban J connectivity index is 2.83. The number of benzene rings is 1. The van der Waals surface area contributed by atoms with Crippen molar-refractivity contribution in [3.8, 4) is 5.75 Å². The monoisotopic (exact) mass is 266 g/mol. The molecule has 0 fully saturated rings. The first-order chi connectivity index (χ1) is 7.02. The maximum Gasteiger partial charge on any atom is 0.262 e. The van der Waals surface area contributed by atoms with E-state index in [1.54, 1.807) is 25.1 Å². The normalized spacial score (nSPS) is 12.3. The summed E-state index contributed by atoms with van der Waals surface area (Å²) in [6.45, 7) is 1.80. The Morgan fingerprint density at radius 2 is 1.87 bits per heavy atom. The SMILES string of the molecule is CCC(Oc1cc(Cl)cc(Cl)c1)C(=O)Cl. The summed E-state index contributed by atoms with van der Waals surface area (Å²) in [6, 6.07) is 4.74. The van der Waals surface area contributed by atoms with Gasteiger partial charge in [0.25, 0.3) is 5.24 Å². The Morgan fingerprint density at radius 3 is 2.27 bits per heavy atom. The van der Waals surface area contributed by atoms with Gasteiger partial charge >= 0.3 is 0 Å². The van der Waals surface area contributed by atoms with E-state index < -0.39 is 11.3 Å². The van der Waals surface area contributed by atoms with Crippen LogP contribution < -0.4 is 4.74 Å². The highest BCUT2D eigenvalue weighted by molar-refractivity contribution is 6.64. The van der Waals surface area contributed by atoms with Crippen molar-refractivity contribution in [1.29, 1.82) is 0 Å². The molecule has 0 spiro atoms. The average molecular weight is 268 g/mol. The zero-order valence-corrected chi connectivity index (χ0v) is 10.2. The van der Waals surface area contributed by atoms with Crippen molar-refractivity contribution in [1.82, 2.24) is 0 Å². The Morgan fingerprint density at radius 1 is 1.33 bits per heavy atom. The van der Waals surface area contributed by atoms with Gasteiger partial charge < -0.3 is 4.74 Å². The number of carbonyl (C=O) groups excluding carboxylic acids is 1. The number of carbonyl (C=O) groups is 1. The first-order valence-electron chi connectivity index (χ1n) is 4.35. The fraction of sp³-hybridized carbons (Fsp3) is 0.300. The van der Waals surface area contributed by atoms with Gasteiger partial charge in [-0.1, -0.05) is 30.1 Å². The predicted molar refractivity (Wildman–Crippen MR) is 62.0 cm³/mol. The van der Waals surface area contributed by atoms with Gasteiger partial charge in [0.1, 0.15) is 5.75 Å². The first-order valence-corrected chi connectivity index (χ1v) is 5.48. The van der Waals surface area contributed by atoms with E-state index in [1.165, 1.54) is 0 Å². The fourth-order valence-corrected chi connectivity index (χ4v) is 1.76. The highest BCUT2D eigenvalue weighted by Crippen LogP contribution is 2.25. The van der Waals surface area contributed by atoms with Crippen molar-refractivity contribution in [3.05, 3.63) is 28.2 Å². The summed E-state index contributed by atoms with van der Waals surface area (Å²) in [5, 5.41) is 0.373. The van der Waals surface area contributed by atoms with Gasteiger partial charge in [-0.05, 0) is 36.2 Å². The summed E-state index contributed by atoms with van der Waals surface area (Å²) >= 11 is 16.9. The maximum absolute atomic E-state index is 10.9. The van der Waals surface area contributed by atoms with Gasteiger partial charge in [-0.2, -0.15) is 0 Å². The summed E-state index contributed by atoms with van der Waals surface area (Å²) in [7, 11) is 0. The van der Waals surface area contributed by atoms with E-state index >= 15 is 0 Å². The highest BCUT2D eigenvalue weighted by atomic mass is 35.5. The first kappa shape index (κ1) is 12.6. The van der Waals surface area contributed by atoms with Crippen LogP contribution in [-0.4, -0.2) is 11.3 Å². The van der Waals surface area contributed by atoms with E-state index in [0.717, 1.165) is 0 Å². The number of hydrogen-bond acceptors (Lipinski definition) is 2. The molecule has 1 rings (SSSR count). The van der Waals surface area contributed by atoms with Crippen LogP contribution in [0.5, 0.6) is 5.75 Å². The molecule has 1 aromatic rings. The zero-order valence-electron chi connectivity index (χ0n) is 7.97. The summed E-state index contributed by atoms with van der Waals surface area (Å²) in [5.41, 5.74) is 0. The largest absolute Gasteiger partial charge is 0.481 e. The fourth-order valence-electron chi connectivity index (χ4n) is 1.05. The van der Waals surface area contributed by atoms with Gasteiger partial charge in [0, 0.05) is 10.0 Å². The van der Waals surface area contributed by atoms with Gasteiger partial charge in [-0.3, -0.25) is 4.79 Å². The summed E-state index contributed by atoms with van der Waals surface area (Å²) in [5.74, 6) is 0.438. The third-order valence-electron chi connectivity index (χ3n) is 1.74. The van der Waals surface area contributed by atoms with Crippen LogP contribution in [0.15, 0.2) is 18.2 Å². The molecule has 0 bridgehead atoms. The van der Waals surface area contributed by atoms with Gasteiger partial charge in [0.2, 0.25) is 0 Å². The molecule has 0 saturated heterocycles. The summed E-state index contributed by atoms with van der Waals surface area (Å²) in [4.78, 5) is 10.9. The number of halogens is 3. The highest BCUT2D eigenvalue weighted by Gasteiger charge is 2.15. The summed E-state index contributed by atoms with van der Waals surface area (Å²) < 4.78 is 5.34. The minimum atomic E-state index is -0.666. The second kappa shape index (κ2) is 5.59. The third kappa shape index (κ3) is 3.90. The van der Waals surface area contributed by atoms with Crippen molar-refractivity contribution in [2.24, 2.45) is 0 Å². The minimum absolute atomic E-state index is 0.438. The molecule has 0 aliphatic heterocycles. The Kier molecular flexibility index (Phi) is 4.71. The van der Waals surface area contributed by atoms with Crippen LogP contribution in [-0.2, 0) is 4.79 Å². The average Bonchev–Trinajstić information content (AvgIpc) is 2.12. The van der Waals surface area contributed by atoms with Crippen LogP contribution in [0.3, 0.4) is 0 Å². The van der Waals surface area contributed by atoms with Crippen LogP contribution in [0.4, 0.5) is 0 Å². The van der Waals surface area contributed by atoms with E-state index in [0.29, 0.717) is 22.2 Å². The van der Waals surface area contributed by atoms with E-state index in [4.69, 9.17) is 39.5 Å². The predicted octanol–water partition coefficient (Wildman–Crippen LogP) is 3.92. The molecule has 0 N–H and O–H groups in total. The number of ether oxygens (including phenoxy) is 1. The second-order valence-electron chi connectivity index (χ2n) is 2.92. The molecule has 0 aliphatic rings. The van der Waals surface area contributed by atoms with Crippen molar-refractivity contribution in [2.45, 2.75) is 19.4 Å². The van der Waals surface area contributed by atoms with Crippen molar-refractivity contribution < 1.29 is 9.53 Å². The van der Waals surface area contributed by atoms with Crippen LogP contribution in [0.1, 0.15) is 13.3 Å². The van der Waals surface area contributed by atoms with E-state index in [-0.39, 0.29) is 0 Å². The molecule has 1 atom stereocenters.